The molecule has 0 unspecified atom stereocenters. The second-order valence-electron chi connectivity index (χ2n) is 8.16. The quantitative estimate of drug-likeness (QED) is 0.551. The molecule has 0 saturated carbocycles. The van der Waals surface area contributed by atoms with Crippen molar-refractivity contribution in [2.45, 2.75) is 52.7 Å². The van der Waals surface area contributed by atoms with Crippen LogP contribution in [-0.4, -0.2) is 41.1 Å². The fourth-order valence-corrected chi connectivity index (χ4v) is 4.77. The maximum Gasteiger partial charge on any atom is 0.274 e. The van der Waals surface area contributed by atoms with Gasteiger partial charge in [-0.15, -0.1) is 0 Å². The normalized spacial score (nSPS) is 15.0. The topological polar surface area (TPSA) is 51.7 Å². The zero-order valence-corrected chi connectivity index (χ0v) is 18.8. The van der Waals surface area contributed by atoms with Crippen molar-refractivity contribution in [3.05, 3.63) is 53.1 Å². The Hall–Kier alpha value is -2.60. The van der Waals surface area contributed by atoms with Gasteiger partial charge in [-0.3, -0.25) is 4.79 Å². The van der Waals surface area contributed by atoms with Crippen molar-refractivity contribution in [1.82, 2.24) is 9.88 Å². The number of hydrogen-bond donors (Lipinski definition) is 0. The molecule has 0 spiro atoms. The van der Waals surface area contributed by atoms with Crippen molar-refractivity contribution < 1.29 is 14.3 Å². The highest BCUT2D eigenvalue weighted by molar-refractivity contribution is 7.20. The maximum atomic E-state index is 12.8. The Morgan fingerprint density at radius 1 is 1.07 bits per heavy atom. The van der Waals surface area contributed by atoms with Crippen LogP contribution in [0, 0.1) is 13.8 Å². The first-order valence-electron chi connectivity index (χ1n) is 10.5. The molecule has 4 rings (SSSR count). The molecule has 1 saturated heterocycles. The first kappa shape index (κ1) is 20.7. The number of aryl methyl sites for hydroxylation is 2. The largest absolute Gasteiger partial charge is 0.491 e. The lowest BCUT2D eigenvalue weighted by Crippen LogP contribution is -2.41. The zero-order valence-electron chi connectivity index (χ0n) is 18.0. The third-order valence-electron chi connectivity index (χ3n) is 5.39. The Balaban J connectivity index is 1.35. The molecule has 0 aliphatic carbocycles. The van der Waals surface area contributed by atoms with Crippen molar-refractivity contribution in [2.24, 2.45) is 0 Å². The van der Waals surface area contributed by atoms with Crippen molar-refractivity contribution in [3.63, 3.8) is 0 Å². The number of rotatable bonds is 5. The monoisotopic (exact) mass is 424 g/mol. The number of fused-ring (bicyclic) bond motifs is 1. The summed E-state index contributed by atoms with van der Waals surface area (Å²) in [5.74, 6) is 0.853. The van der Waals surface area contributed by atoms with Gasteiger partial charge in [-0.2, -0.15) is 0 Å². The highest BCUT2D eigenvalue weighted by Gasteiger charge is 2.25. The minimum Gasteiger partial charge on any atom is -0.491 e. The van der Waals surface area contributed by atoms with E-state index in [4.69, 9.17) is 14.5 Å². The predicted octanol–water partition coefficient (Wildman–Crippen LogP) is 5.38. The Morgan fingerprint density at radius 3 is 2.37 bits per heavy atom. The van der Waals surface area contributed by atoms with E-state index in [1.807, 2.05) is 43.0 Å². The first-order valence-corrected chi connectivity index (χ1v) is 11.3. The predicted molar refractivity (Wildman–Crippen MR) is 121 cm³/mol. The minimum atomic E-state index is 0.0655. The summed E-state index contributed by atoms with van der Waals surface area (Å²) < 4.78 is 13.0. The summed E-state index contributed by atoms with van der Waals surface area (Å²) in [5.41, 5.74) is 4.13. The van der Waals surface area contributed by atoms with E-state index in [9.17, 15) is 4.79 Å². The van der Waals surface area contributed by atoms with Crippen molar-refractivity contribution in [3.8, 4) is 10.9 Å². The highest BCUT2D eigenvalue weighted by Crippen LogP contribution is 2.33. The summed E-state index contributed by atoms with van der Waals surface area (Å²) in [6.07, 6.45) is 1.84. The minimum absolute atomic E-state index is 0.0655. The molecule has 1 aliphatic rings. The maximum absolute atomic E-state index is 12.8. The molecule has 1 fully saturated rings. The third-order valence-corrected chi connectivity index (χ3v) is 6.47. The lowest BCUT2D eigenvalue weighted by Gasteiger charge is -2.31. The molecule has 1 aromatic heterocycles. The average Bonchev–Trinajstić information content (AvgIpc) is 3.16. The summed E-state index contributed by atoms with van der Waals surface area (Å²) in [7, 11) is 0. The summed E-state index contributed by atoms with van der Waals surface area (Å²) in [4.78, 5) is 19.4. The molecule has 5 nitrogen and oxygen atoms in total. The lowest BCUT2D eigenvalue weighted by atomic mass is 10.1. The van der Waals surface area contributed by atoms with Crippen LogP contribution in [0.4, 0.5) is 0 Å². The second-order valence-corrected chi connectivity index (χ2v) is 9.12. The lowest BCUT2D eigenvalue weighted by molar-refractivity contribution is 0.0595. The smallest absolute Gasteiger partial charge is 0.274 e. The van der Waals surface area contributed by atoms with E-state index < -0.39 is 0 Å². The molecule has 6 heteroatoms. The molecule has 3 aromatic rings. The highest BCUT2D eigenvalue weighted by atomic mass is 32.1. The van der Waals surface area contributed by atoms with Gasteiger partial charge in [0.05, 0.1) is 16.3 Å². The molecule has 1 aliphatic heterocycles. The van der Waals surface area contributed by atoms with E-state index in [2.05, 4.69) is 26.0 Å². The Bertz CT molecular complexity index is 996. The number of carbonyl (C=O) groups is 1. The summed E-state index contributed by atoms with van der Waals surface area (Å²) in [6.45, 7) is 9.55. The summed E-state index contributed by atoms with van der Waals surface area (Å²) >= 11 is 1.62. The number of ether oxygens (including phenoxy) is 2. The molecular weight excluding hydrogens is 396 g/mol. The number of nitrogens with zero attached hydrogens (tertiary/aromatic N) is 2. The number of piperidine rings is 1. The summed E-state index contributed by atoms with van der Waals surface area (Å²) in [6, 6.07) is 11.6. The van der Waals surface area contributed by atoms with Gasteiger partial charge in [0.2, 0.25) is 0 Å². The van der Waals surface area contributed by atoms with Crippen molar-refractivity contribution in [2.75, 3.05) is 13.1 Å². The van der Waals surface area contributed by atoms with E-state index in [1.54, 1.807) is 11.3 Å². The third kappa shape index (κ3) is 4.43. The molecule has 158 valence electrons. The van der Waals surface area contributed by atoms with E-state index in [0.29, 0.717) is 18.7 Å². The number of likely N-dealkylation sites (tertiary alicyclic amines) is 1. The fraction of sp³-hybridized carbons (Fsp3) is 0.417. The van der Waals surface area contributed by atoms with Crippen LogP contribution in [0.15, 0.2) is 36.4 Å². The van der Waals surface area contributed by atoms with Gasteiger partial charge in [-0.1, -0.05) is 23.5 Å². The number of amides is 1. The van der Waals surface area contributed by atoms with Crippen LogP contribution >= 0.6 is 11.3 Å². The molecule has 2 aromatic carbocycles. The van der Waals surface area contributed by atoms with Crippen LogP contribution in [0.2, 0.25) is 0 Å². The van der Waals surface area contributed by atoms with Gasteiger partial charge >= 0.3 is 0 Å². The molecule has 0 bridgehead atoms. The van der Waals surface area contributed by atoms with Crippen LogP contribution in [0.3, 0.4) is 0 Å². The number of carbonyl (C=O) groups excluding carboxylic acids is 1. The van der Waals surface area contributed by atoms with E-state index in [1.165, 1.54) is 15.8 Å². The van der Waals surface area contributed by atoms with E-state index in [0.717, 1.165) is 29.3 Å². The molecular formula is C24H28N2O3S. The van der Waals surface area contributed by atoms with E-state index in [-0.39, 0.29) is 18.1 Å². The number of aromatic nitrogens is 1. The van der Waals surface area contributed by atoms with Crippen LogP contribution in [0.25, 0.3) is 10.2 Å². The van der Waals surface area contributed by atoms with Gasteiger partial charge in [0, 0.05) is 31.5 Å². The van der Waals surface area contributed by atoms with Gasteiger partial charge in [-0.25, -0.2) is 4.98 Å². The fourth-order valence-electron chi connectivity index (χ4n) is 3.74. The summed E-state index contributed by atoms with van der Waals surface area (Å²) in [5, 5.41) is 0.730. The van der Waals surface area contributed by atoms with Gasteiger partial charge in [0.15, 0.2) is 0 Å². The molecule has 0 radical (unpaired) electrons. The van der Waals surface area contributed by atoms with Crippen LogP contribution in [0.5, 0.6) is 10.9 Å². The van der Waals surface area contributed by atoms with Crippen LogP contribution < -0.4 is 9.47 Å². The van der Waals surface area contributed by atoms with Gasteiger partial charge in [-0.05, 0) is 63.1 Å². The molecule has 30 heavy (non-hydrogen) atoms. The zero-order chi connectivity index (χ0) is 21.3. The molecule has 0 N–H and O–H groups in total. The first-order chi connectivity index (χ1) is 14.4. The van der Waals surface area contributed by atoms with Gasteiger partial charge < -0.3 is 14.4 Å². The van der Waals surface area contributed by atoms with E-state index >= 15 is 0 Å². The van der Waals surface area contributed by atoms with Crippen molar-refractivity contribution >= 4 is 27.5 Å². The number of thiazole rings is 1. The Labute approximate surface area is 181 Å². The molecule has 2 heterocycles. The standard InChI is InChI=1S/C24H28N2O3S/c1-15(2)28-19-9-7-18(8-10-19)23(27)26-13-11-20(12-14-26)29-24-25-21-16(3)5-6-17(4)22(21)30-24/h5-10,15,20H,11-14H2,1-4H3. The average molecular weight is 425 g/mol. The Morgan fingerprint density at radius 2 is 1.73 bits per heavy atom. The SMILES string of the molecule is Cc1ccc(C)c2sc(OC3CCN(C(=O)c4ccc(OC(C)C)cc4)CC3)nc12. The van der Waals surface area contributed by atoms with Gasteiger partial charge in [0.25, 0.3) is 11.1 Å². The molecule has 0 atom stereocenters. The number of hydrogen-bond acceptors (Lipinski definition) is 5. The van der Waals surface area contributed by atoms with Crippen molar-refractivity contribution in [1.29, 1.82) is 0 Å². The van der Waals surface area contributed by atoms with Gasteiger partial charge in [0.1, 0.15) is 11.9 Å². The van der Waals surface area contributed by atoms with Crippen LogP contribution in [-0.2, 0) is 0 Å². The Kier molecular flexibility index (Phi) is 5.95. The number of benzene rings is 2. The molecule has 1 amide bonds. The second kappa shape index (κ2) is 8.64. The van der Waals surface area contributed by atoms with Crippen LogP contribution in [0.1, 0.15) is 48.2 Å².